The quantitative estimate of drug-likeness (QED) is 0.347. The molecule has 0 bridgehead atoms. The molecule has 6 nitrogen and oxygen atoms in total. The highest BCUT2D eigenvalue weighted by atomic mass is 32.2. The molecule has 0 atom stereocenters. The van der Waals surface area contributed by atoms with E-state index in [2.05, 4.69) is 9.84 Å². The topological polar surface area (TPSA) is 79.2 Å². The molecule has 0 saturated carbocycles. The van der Waals surface area contributed by atoms with Gasteiger partial charge < -0.3 is 9.84 Å². The number of carbonyl (C=O) groups is 2. The summed E-state index contributed by atoms with van der Waals surface area (Å²) in [7, 11) is 1.22. The Bertz CT molecular complexity index is 608. The van der Waals surface area contributed by atoms with Gasteiger partial charge in [-0.1, -0.05) is 18.2 Å². The number of hydrogen-bond acceptors (Lipinski definition) is 5. The molecule has 0 aliphatic rings. The van der Waals surface area contributed by atoms with E-state index >= 15 is 0 Å². The second-order valence-electron chi connectivity index (χ2n) is 4.42. The number of methoxy groups -OCH3 is 1. The van der Waals surface area contributed by atoms with Crippen molar-refractivity contribution < 1.29 is 32.6 Å². The zero-order valence-electron chi connectivity index (χ0n) is 12.6. The molecule has 1 aromatic carbocycles. The van der Waals surface area contributed by atoms with Gasteiger partial charge in [-0.3, -0.25) is 4.79 Å². The summed E-state index contributed by atoms with van der Waals surface area (Å²) in [5, 5.41) is 12.6. The van der Waals surface area contributed by atoms with E-state index in [4.69, 9.17) is 5.11 Å². The van der Waals surface area contributed by atoms with Gasteiger partial charge in [0.1, 0.15) is 0 Å². The lowest BCUT2D eigenvalue weighted by Crippen LogP contribution is -2.18. The highest BCUT2D eigenvalue weighted by Crippen LogP contribution is 2.29. The van der Waals surface area contributed by atoms with Gasteiger partial charge in [0.25, 0.3) is 0 Å². The monoisotopic (exact) mass is 364 g/mol. The van der Waals surface area contributed by atoms with Crippen molar-refractivity contribution in [2.24, 2.45) is 5.10 Å². The number of amides is 1. The van der Waals surface area contributed by atoms with Crippen molar-refractivity contribution >= 4 is 30.2 Å². The van der Waals surface area contributed by atoms with Crippen LogP contribution in [0.1, 0.15) is 17.5 Å². The number of carbonyl (C=O) groups excluding carboxylic acids is 1. The highest BCUT2D eigenvalue weighted by molar-refractivity contribution is 7.97. The molecule has 0 saturated heterocycles. The molecular formula is C14H15F3N2O4S. The molecule has 0 aromatic heterocycles. The van der Waals surface area contributed by atoms with E-state index in [1.807, 2.05) is 0 Å². The fourth-order valence-electron chi connectivity index (χ4n) is 1.55. The third kappa shape index (κ3) is 6.90. The van der Waals surface area contributed by atoms with Crippen molar-refractivity contribution in [2.75, 3.05) is 12.9 Å². The number of ether oxygens (including phenoxy) is 1. The molecule has 10 heteroatoms. The molecule has 132 valence electrons. The lowest BCUT2D eigenvalue weighted by atomic mass is 10.1. The van der Waals surface area contributed by atoms with E-state index in [1.165, 1.54) is 25.5 Å². The summed E-state index contributed by atoms with van der Waals surface area (Å²) in [6, 6.07) is 4.68. The fraction of sp³-hybridized carbons (Fsp3) is 0.357. The van der Waals surface area contributed by atoms with Gasteiger partial charge in [0, 0.05) is 18.4 Å². The van der Waals surface area contributed by atoms with Crippen molar-refractivity contribution in [3.05, 3.63) is 35.4 Å². The summed E-state index contributed by atoms with van der Waals surface area (Å²) < 4.78 is 42.8. The van der Waals surface area contributed by atoms with Gasteiger partial charge in [-0.25, -0.2) is 4.79 Å². The van der Waals surface area contributed by atoms with Crippen LogP contribution in [0.2, 0.25) is 0 Å². The number of nitrogens with zero attached hydrogens (tertiary/aromatic N) is 2. The van der Waals surface area contributed by atoms with Crippen molar-refractivity contribution in [3.63, 3.8) is 0 Å². The van der Waals surface area contributed by atoms with Crippen molar-refractivity contribution in [1.82, 2.24) is 4.41 Å². The first-order chi connectivity index (χ1) is 11.2. The van der Waals surface area contributed by atoms with Crippen molar-refractivity contribution in [1.29, 1.82) is 0 Å². The van der Waals surface area contributed by atoms with Crippen LogP contribution in [0.4, 0.5) is 18.0 Å². The molecule has 1 aromatic rings. The number of hydrazone groups is 1. The minimum Gasteiger partial charge on any atom is -0.469 e. The van der Waals surface area contributed by atoms with Crippen molar-refractivity contribution in [3.8, 4) is 0 Å². The summed E-state index contributed by atoms with van der Waals surface area (Å²) in [6.45, 7) is 0. The first-order valence-corrected chi connectivity index (χ1v) is 7.59. The molecule has 0 spiro atoms. The molecule has 1 rings (SSSR count). The Morgan fingerprint density at radius 3 is 2.71 bits per heavy atom. The summed E-state index contributed by atoms with van der Waals surface area (Å²) >= 11 is 0.771. The lowest BCUT2D eigenvalue weighted by Gasteiger charge is -2.11. The molecule has 24 heavy (non-hydrogen) atoms. The van der Waals surface area contributed by atoms with Gasteiger partial charge in [-0.15, -0.1) is 4.41 Å². The third-order valence-electron chi connectivity index (χ3n) is 2.68. The predicted molar refractivity (Wildman–Crippen MR) is 82.6 cm³/mol. The number of alkyl halides is 3. The van der Waals surface area contributed by atoms with E-state index in [-0.39, 0.29) is 18.6 Å². The minimum absolute atomic E-state index is 0.00803. The maximum absolute atomic E-state index is 12.6. The lowest BCUT2D eigenvalue weighted by molar-refractivity contribution is -0.140. The summed E-state index contributed by atoms with van der Waals surface area (Å²) in [5.41, 5.74) is -0.436. The van der Waals surface area contributed by atoms with E-state index < -0.39 is 23.8 Å². The Kier molecular flexibility index (Phi) is 7.56. The number of carboxylic acid groups (broad SMARTS) is 1. The zero-order chi connectivity index (χ0) is 18.2. The number of esters is 1. The number of benzene rings is 1. The predicted octanol–water partition coefficient (Wildman–Crippen LogP) is 3.43. The third-order valence-corrected chi connectivity index (χ3v) is 3.56. The van der Waals surface area contributed by atoms with Crippen LogP contribution in [0.15, 0.2) is 29.4 Å². The zero-order valence-corrected chi connectivity index (χ0v) is 13.4. The number of halogens is 3. The Hall–Kier alpha value is -2.23. The van der Waals surface area contributed by atoms with Crippen LogP contribution >= 0.6 is 11.9 Å². The fourth-order valence-corrected chi connectivity index (χ4v) is 2.23. The molecule has 1 N–H and O–H groups in total. The molecule has 0 aliphatic carbocycles. The Morgan fingerprint density at radius 1 is 1.42 bits per heavy atom. The molecule has 0 aliphatic heterocycles. The van der Waals surface area contributed by atoms with Crippen LogP contribution in [0, 0.1) is 0 Å². The smallest absolute Gasteiger partial charge is 0.438 e. The molecule has 0 radical (unpaired) electrons. The van der Waals surface area contributed by atoms with Gasteiger partial charge in [0.05, 0.1) is 19.1 Å². The standard InChI is InChI=1S/C14H15F3N2O4S/c1-23-12(20)6-8-24-19(13(21)22)18-7-5-10-3-2-4-11(9-10)14(15,16)17/h2-4,7,9H,5-6,8H2,1H3,(H,21,22). The molecule has 1 amide bonds. The van der Waals surface area contributed by atoms with Gasteiger partial charge in [0.15, 0.2) is 0 Å². The number of rotatable bonds is 7. The molecule has 0 heterocycles. The van der Waals surface area contributed by atoms with Crippen LogP contribution in [-0.4, -0.2) is 40.7 Å². The molecular weight excluding hydrogens is 349 g/mol. The normalized spacial score (nSPS) is 11.5. The summed E-state index contributed by atoms with van der Waals surface area (Å²) in [6.07, 6.45) is -4.57. The summed E-state index contributed by atoms with van der Waals surface area (Å²) in [5.74, 6) is -0.347. The Morgan fingerprint density at radius 2 is 2.12 bits per heavy atom. The SMILES string of the molecule is COC(=O)CCSN(N=CCc1cccc(C(F)(F)F)c1)C(=O)O. The highest BCUT2D eigenvalue weighted by Gasteiger charge is 2.30. The average Bonchev–Trinajstić information content (AvgIpc) is 2.52. The van der Waals surface area contributed by atoms with Crippen LogP contribution in [0.5, 0.6) is 0 Å². The van der Waals surface area contributed by atoms with Gasteiger partial charge in [-0.2, -0.15) is 18.3 Å². The average molecular weight is 364 g/mol. The number of hydrogen-bond donors (Lipinski definition) is 1. The van der Waals surface area contributed by atoms with E-state index in [0.717, 1.165) is 24.1 Å². The van der Waals surface area contributed by atoms with Crippen LogP contribution < -0.4 is 0 Å². The van der Waals surface area contributed by atoms with E-state index in [0.29, 0.717) is 9.98 Å². The van der Waals surface area contributed by atoms with Gasteiger partial charge >= 0.3 is 18.2 Å². The largest absolute Gasteiger partial charge is 0.469 e. The first-order valence-electron chi connectivity index (χ1n) is 6.65. The Balaban J connectivity index is 2.62. The van der Waals surface area contributed by atoms with Gasteiger partial charge in [0.2, 0.25) is 0 Å². The minimum atomic E-state index is -4.44. The van der Waals surface area contributed by atoms with E-state index in [9.17, 15) is 22.8 Å². The maximum atomic E-state index is 12.6. The Labute approximate surface area is 140 Å². The van der Waals surface area contributed by atoms with Crippen molar-refractivity contribution in [2.45, 2.75) is 19.0 Å². The maximum Gasteiger partial charge on any atom is 0.438 e. The van der Waals surface area contributed by atoms with E-state index in [1.54, 1.807) is 0 Å². The second kappa shape index (κ2) is 9.16. The molecule has 0 fully saturated rings. The van der Waals surface area contributed by atoms with Gasteiger partial charge in [-0.05, 0) is 23.6 Å². The summed E-state index contributed by atoms with van der Waals surface area (Å²) in [4.78, 5) is 21.9. The van der Waals surface area contributed by atoms with Crippen LogP contribution in [0.25, 0.3) is 0 Å². The molecule has 0 unspecified atom stereocenters. The van der Waals surface area contributed by atoms with Crippen LogP contribution in [0.3, 0.4) is 0 Å². The van der Waals surface area contributed by atoms with Crippen LogP contribution in [-0.2, 0) is 22.1 Å². The second-order valence-corrected chi connectivity index (χ2v) is 5.43. The first kappa shape index (κ1) is 19.8.